The molecule has 0 radical (unpaired) electrons. The zero-order chi connectivity index (χ0) is 18.5. The maximum absolute atomic E-state index is 12.9. The highest BCUT2D eigenvalue weighted by Crippen LogP contribution is 2.53. The normalized spacial score (nSPS) is 34.1. The molecule has 0 aromatic carbocycles. The Bertz CT molecular complexity index is 739. The average Bonchev–Trinajstić information content (AvgIpc) is 2.85. The van der Waals surface area contributed by atoms with Crippen LogP contribution in [0.2, 0.25) is 0 Å². The number of ether oxygens (including phenoxy) is 1. The van der Waals surface area contributed by atoms with E-state index in [4.69, 9.17) is 9.15 Å². The van der Waals surface area contributed by atoms with E-state index in [2.05, 4.69) is 0 Å². The minimum Gasteiger partial charge on any atom is -0.461 e. The van der Waals surface area contributed by atoms with Crippen LogP contribution < -0.4 is 0 Å². The summed E-state index contributed by atoms with van der Waals surface area (Å²) in [6.45, 7) is 9.61. The topological polar surface area (TPSA) is 76.7 Å². The van der Waals surface area contributed by atoms with Crippen molar-refractivity contribution in [1.29, 1.82) is 0 Å². The molecule has 1 heterocycles. The molecule has 25 heavy (non-hydrogen) atoms. The van der Waals surface area contributed by atoms with Crippen molar-refractivity contribution in [1.82, 2.24) is 0 Å². The quantitative estimate of drug-likeness (QED) is 0.657. The summed E-state index contributed by atoms with van der Waals surface area (Å²) >= 11 is 0. The van der Waals surface area contributed by atoms with Crippen LogP contribution in [0.25, 0.3) is 0 Å². The number of aryl methyl sites for hydroxylation is 1. The molecule has 1 fully saturated rings. The number of rotatable bonds is 2. The van der Waals surface area contributed by atoms with Crippen molar-refractivity contribution in [2.75, 3.05) is 0 Å². The number of carbonyl (C=O) groups excluding carboxylic acids is 2. The standard InChI is InChI=1S/C20H26O5/c1-10(2)6-16(22)25-15-7-14(21)17-18(23)19-13(11(3)9-24-19)8-20(17,5)12(15)4/h6,9,12,14-15,17,21H,7-8H2,1-5H3. The Kier molecular flexibility index (Phi) is 4.40. The number of furan rings is 1. The molecule has 5 nitrogen and oxygen atoms in total. The van der Waals surface area contributed by atoms with Gasteiger partial charge in [-0.15, -0.1) is 0 Å². The molecule has 5 unspecified atom stereocenters. The van der Waals surface area contributed by atoms with E-state index in [1.807, 2.05) is 34.6 Å². The third-order valence-electron chi connectivity index (χ3n) is 6.01. The Morgan fingerprint density at radius 2 is 2.12 bits per heavy atom. The van der Waals surface area contributed by atoms with Crippen molar-refractivity contribution in [3.05, 3.63) is 34.8 Å². The molecule has 1 aromatic heterocycles. The summed E-state index contributed by atoms with van der Waals surface area (Å²) in [4.78, 5) is 25.0. The van der Waals surface area contributed by atoms with Gasteiger partial charge in [-0.05, 0) is 44.1 Å². The number of fused-ring (bicyclic) bond motifs is 2. The van der Waals surface area contributed by atoms with E-state index in [1.165, 1.54) is 6.08 Å². The first kappa shape index (κ1) is 17.9. The van der Waals surface area contributed by atoms with E-state index in [1.54, 1.807) is 6.26 Å². The number of ketones is 1. The zero-order valence-electron chi connectivity index (χ0n) is 15.5. The predicted octanol–water partition coefficient (Wildman–Crippen LogP) is 3.23. The molecule has 1 aromatic rings. The van der Waals surface area contributed by atoms with Crippen LogP contribution in [-0.4, -0.2) is 29.1 Å². The molecule has 5 heteroatoms. The van der Waals surface area contributed by atoms with Gasteiger partial charge < -0.3 is 14.3 Å². The van der Waals surface area contributed by atoms with Gasteiger partial charge in [0.25, 0.3) is 0 Å². The largest absolute Gasteiger partial charge is 0.461 e. The van der Waals surface area contributed by atoms with Crippen molar-refractivity contribution in [2.45, 2.75) is 59.7 Å². The van der Waals surface area contributed by atoms with Crippen LogP contribution in [-0.2, 0) is 16.0 Å². The van der Waals surface area contributed by atoms with Crippen molar-refractivity contribution >= 4 is 11.8 Å². The van der Waals surface area contributed by atoms with Crippen LogP contribution in [0.15, 0.2) is 22.3 Å². The maximum atomic E-state index is 12.9. The second-order valence-electron chi connectivity index (χ2n) is 8.04. The molecular formula is C20H26O5. The maximum Gasteiger partial charge on any atom is 0.330 e. The van der Waals surface area contributed by atoms with E-state index in [0.29, 0.717) is 12.2 Å². The molecule has 5 atom stereocenters. The summed E-state index contributed by atoms with van der Waals surface area (Å²) < 4.78 is 11.1. The number of Topliss-reactive ketones (excluding diaryl/α,β-unsaturated/α-hetero) is 1. The third kappa shape index (κ3) is 2.84. The fourth-order valence-electron chi connectivity index (χ4n) is 4.46. The molecule has 1 saturated carbocycles. The fourth-order valence-corrected chi connectivity index (χ4v) is 4.46. The van der Waals surface area contributed by atoms with E-state index < -0.39 is 29.5 Å². The van der Waals surface area contributed by atoms with Gasteiger partial charge in [-0.1, -0.05) is 19.4 Å². The van der Waals surface area contributed by atoms with Crippen LogP contribution in [0.5, 0.6) is 0 Å². The SMILES string of the molecule is CC(C)=CC(=O)OC1CC(O)C2C(=O)c3occ(C)c3CC2(C)C1C. The van der Waals surface area contributed by atoms with Crippen molar-refractivity contribution in [2.24, 2.45) is 17.3 Å². The number of esters is 1. The summed E-state index contributed by atoms with van der Waals surface area (Å²) in [6, 6.07) is 0. The monoisotopic (exact) mass is 346 g/mol. The van der Waals surface area contributed by atoms with Crippen molar-refractivity contribution in [3.63, 3.8) is 0 Å². The van der Waals surface area contributed by atoms with Gasteiger partial charge >= 0.3 is 5.97 Å². The van der Waals surface area contributed by atoms with Gasteiger partial charge in [0.2, 0.25) is 5.78 Å². The second kappa shape index (κ2) is 6.13. The summed E-state index contributed by atoms with van der Waals surface area (Å²) in [5.41, 5.74) is 2.25. The van der Waals surface area contributed by atoms with Gasteiger partial charge in [0.05, 0.1) is 18.3 Å². The summed E-state index contributed by atoms with van der Waals surface area (Å²) in [5, 5.41) is 10.7. The molecular weight excluding hydrogens is 320 g/mol. The van der Waals surface area contributed by atoms with Crippen molar-refractivity contribution in [3.8, 4) is 0 Å². The van der Waals surface area contributed by atoms with Gasteiger partial charge in [-0.2, -0.15) is 0 Å². The summed E-state index contributed by atoms with van der Waals surface area (Å²) in [5.74, 6) is -0.731. The van der Waals surface area contributed by atoms with Crippen LogP contribution >= 0.6 is 0 Å². The number of aliphatic hydroxyl groups is 1. The lowest BCUT2D eigenvalue weighted by Crippen LogP contribution is -2.58. The Morgan fingerprint density at radius 1 is 1.44 bits per heavy atom. The Balaban J connectivity index is 1.94. The van der Waals surface area contributed by atoms with E-state index in [-0.39, 0.29) is 18.1 Å². The highest BCUT2D eigenvalue weighted by atomic mass is 16.5. The van der Waals surface area contributed by atoms with Crippen LogP contribution in [0, 0.1) is 24.2 Å². The molecule has 3 rings (SSSR count). The molecule has 1 N–H and O–H groups in total. The lowest BCUT2D eigenvalue weighted by atomic mass is 9.53. The lowest BCUT2D eigenvalue weighted by Gasteiger charge is -2.52. The van der Waals surface area contributed by atoms with Crippen LogP contribution in [0.4, 0.5) is 0 Å². The first-order valence-corrected chi connectivity index (χ1v) is 8.80. The highest BCUT2D eigenvalue weighted by Gasteiger charge is 2.58. The van der Waals surface area contributed by atoms with Gasteiger partial charge in [-0.3, -0.25) is 4.79 Å². The number of aliphatic hydroxyl groups excluding tert-OH is 1. The zero-order valence-corrected chi connectivity index (χ0v) is 15.5. The van der Waals surface area contributed by atoms with Crippen LogP contribution in [0.3, 0.4) is 0 Å². The smallest absolute Gasteiger partial charge is 0.330 e. The molecule has 136 valence electrons. The van der Waals surface area contributed by atoms with Gasteiger partial charge in [0.1, 0.15) is 6.10 Å². The Hall–Kier alpha value is -1.88. The highest BCUT2D eigenvalue weighted by molar-refractivity contribution is 5.99. The first-order chi connectivity index (χ1) is 11.6. The number of carbonyl (C=O) groups is 2. The van der Waals surface area contributed by atoms with Crippen molar-refractivity contribution < 1.29 is 23.8 Å². The summed E-state index contributed by atoms with van der Waals surface area (Å²) in [6.07, 6.45) is 2.70. The minimum atomic E-state index is -0.850. The molecule has 2 aliphatic rings. The van der Waals surface area contributed by atoms with E-state index >= 15 is 0 Å². The molecule has 0 aliphatic heterocycles. The Labute approximate surface area is 148 Å². The van der Waals surface area contributed by atoms with E-state index in [0.717, 1.165) is 16.7 Å². The molecule has 0 amide bonds. The second-order valence-corrected chi connectivity index (χ2v) is 8.04. The molecule has 2 aliphatic carbocycles. The number of hydrogen-bond donors (Lipinski definition) is 1. The third-order valence-corrected chi connectivity index (χ3v) is 6.01. The molecule has 0 saturated heterocycles. The fraction of sp³-hybridized carbons (Fsp3) is 0.600. The number of allylic oxidation sites excluding steroid dienone is 1. The molecule has 0 bridgehead atoms. The van der Waals surface area contributed by atoms with Gasteiger partial charge in [0.15, 0.2) is 5.76 Å². The first-order valence-electron chi connectivity index (χ1n) is 8.80. The van der Waals surface area contributed by atoms with Crippen LogP contribution in [0.1, 0.15) is 55.8 Å². The van der Waals surface area contributed by atoms with E-state index in [9.17, 15) is 14.7 Å². The Morgan fingerprint density at radius 3 is 2.76 bits per heavy atom. The molecule has 0 spiro atoms. The minimum absolute atomic E-state index is 0.0539. The lowest BCUT2D eigenvalue weighted by molar-refractivity contribution is -0.161. The number of hydrogen-bond acceptors (Lipinski definition) is 5. The summed E-state index contributed by atoms with van der Waals surface area (Å²) in [7, 11) is 0. The predicted molar refractivity (Wildman–Crippen MR) is 92.2 cm³/mol. The van der Waals surface area contributed by atoms with Gasteiger partial charge in [0, 0.05) is 18.1 Å². The van der Waals surface area contributed by atoms with Gasteiger partial charge in [-0.25, -0.2) is 4.79 Å². The average molecular weight is 346 g/mol.